The Labute approximate surface area is 65.5 Å². The first-order chi connectivity index (χ1) is 5.07. The van der Waals surface area contributed by atoms with Gasteiger partial charge in [0, 0.05) is 12.7 Å². The third kappa shape index (κ3) is 4.86. The van der Waals surface area contributed by atoms with E-state index in [-0.39, 0.29) is 5.57 Å². The molecule has 0 aromatic carbocycles. The molecule has 0 radical (unpaired) electrons. The summed E-state index contributed by atoms with van der Waals surface area (Å²) < 4.78 is 8.37. The molecule has 6 heteroatoms. The van der Waals surface area contributed by atoms with E-state index in [2.05, 4.69) is 20.7 Å². The fraction of sp³-hybridized carbons (Fsp3) is 0.400. The minimum Gasteiger partial charge on any atom is -0.326 e. The number of hydrogen-bond acceptors (Lipinski definition) is 5. The molecule has 0 saturated carbocycles. The lowest BCUT2D eigenvalue weighted by Gasteiger charge is -2.04. The van der Waals surface area contributed by atoms with Crippen molar-refractivity contribution in [3.63, 3.8) is 0 Å². The van der Waals surface area contributed by atoms with Gasteiger partial charge in [0.05, 0.1) is 0 Å². The maximum absolute atomic E-state index is 10.6. The predicted octanol–water partition coefficient (Wildman–Crippen LogP) is 0.903. The summed E-state index contributed by atoms with van der Waals surface area (Å²) in [6.45, 7) is 4.75. The Morgan fingerprint density at radius 3 is 2.55 bits per heavy atom. The zero-order chi connectivity index (χ0) is 8.85. The maximum atomic E-state index is 10.6. The molecule has 0 rings (SSSR count). The molecule has 0 heterocycles. The van der Waals surface area contributed by atoms with Gasteiger partial charge in [-0.3, -0.25) is 4.89 Å². The molecule has 1 N–H and O–H groups in total. The van der Waals surface area contributed by atoms with Crippen molar-refractivity contribution < 1.29 is 23.8 Å². The Morgan fingerprint density at radius 2 is 2.18 bits per heavy atom. The number of rotatable bonds is 4. The van der Waals surface area contributed by atoms with Crippen LogP contribution in [0.5, 0.6) is 0 Å². The van der Waals surface area contributed by atoms with Crippen LogP contribution in [-0.2, 0) is 18.9 Å². The lowest BCUT2D eigenvalue weighted by Crippen LogP contribution is -2.03. The summed E-state index contributed by atoms with van der Waals surface area (Å²) in [6, 6.07) is 0. The van der Waals surface area contributed by atoms with Crippen LogP contribution in [0.4, 0.5) is 0 Å². The van der Waals surface area contributed by atoms with Gasteiger partial charge in [0.2, 0.25) is 0 Å². The molecule has 0 spiro atoms. The van der Waals surface area contributed by atoms with Gasteiger partial charge in [-0.15, -0.1) is 4.67 Å². The Kier molecular flexibility index (Phi) is 4.98. The van der Waals surface area contributed by atoms with Gasteiger partial charge in [0.25, 0.3) is 0 Å². The summed E-state index contributed by atoms with van der Waals surface area (Å²) in [7, 11) is -0.897. The van der Waals surface area contributed by atoms with Crippen LogP contribution >= 0.6 is 8.60 Å². The summed E-state index contributed by atoms with van der Waals surface area (Å²) in [5.74, 6) is -0.733. The van der Waals surface area contributed by atoms with Crippen LogP contribution in [0.1, 0.15) is 6.92 Å². The van der Waals surface area contributed by atoms with E-state index in [1.807, 2.05) is 0 Å². The van der Waals surface area contributed by atoms with Crippen molar-refractivity contribution in [2.75, 3.05) is 7.11 Å². The van der Waals surface area contributed by atoms with Crippen molar-refractivity contribution >= 4 is 14.6 Å². The average Bonchev–Trinajstić information content (AvgIpc) is 1.99. The van der Waals surface area contributed by atoms with Crippen LogP contribution in [-0.4, -0.2) is 18.0 Å². The van der Waals surface area contributed by atoms with E-state index < -0.39 is 14.6 Å². The molecule has 5 nitrogen and oxygen atoms in total. The Balaban J connectivity index is 3.54. The standard InChI is InChI=1S/C5H9O5P/c1-4(2)5(6)9-10-11(7)8-3/h7H,1H2,2-3H3. The molecule has 1 atom stereocenters. The van der Waals surface area contributed by atoms with Gasteiger partial charge in [-0.1, -0.05) is 6.58 Å². The Hall–Kier alpha value is -0.480. The van der Waals surface area contributed by atoms with Gasteiger partial charge in [-0.25, -0.2) is 4.79 Å². The summed E-state index contributed by atoms with van der Waals surface area (Å²) in [5.41, 5.74) is 0.185. The molecule has 0 aliphatic heterocycles. The van der Waals surface area contributed by atoms with E-state index in [9.17, 15) is 4.79 Å². The molecule has 11 heavy (non-hydrogen) atoms. The van der Waals surface area contributed by atoms with Crippen molar-refractivity contribution in [3.05, 3.63) is 12.2 Å². The fourth-order valence-corrected chi connectivity index (χ4v) is 0.360. The highest BCUT2D eigenvalue weighted by molar-refractivity contribution is 7.40. The minimum atomic E-state index is -2.12. The van der Waals surface area contributed by atoms with Crippen LogP contribution in [0.15, 0.2) is 12.2 Å². The van der Waals surface area contributed by atoms with Gasteiger partial charge in [-0.2, -0.15) is 0 Å². The van der Waals surface area contributed by atoms with Crippen LogP contribution in [0.2, 0.25) is 0 Å². The van der Waals surface area contributed by atoms with Gasteiger partial charge >= 0.3 is 14.6 Å². The van der Waals surface area contributed by atoms with Crippen LogP contribution in [0, 0.1) is 0 Å². The third-order valence-corrected chi connectivity index (χ3v) is 1.20. The molecule has 1 unspecified atom stereocenters. The van der Waals surface area contributed by atoms with E-state index in [4.69, 9.17) is 4.89 Å². The van der Waals surface area contributed by atoms with E-state index in [0.717, 1.165) is 0 Å². The SMILES string of the molecule is C=C(C)C(=O)OOP(O)OC. The first kappa shape index (κ1) is 10.5. The van der Waals surface area contributed by atoms with Gasteiger partial charge < -0.3 is 9.42 Å². The topological polar surface area (TPSA) is 65.0 Å². The Bertz CT molecular complexity index is 157. The summed E-state index contributed by atoms with van der Waals surface area (Å²) in [6.07, 6.45) is 0. The fourth-order valence-electron chi connectivity index (χ4n) is 0.167. The molecule has 0 aliphatic carbocycles. The predicted molar refractivity (Wildman–Crippen MR) is 38.1 cm³/mol. The lowest BCUT2D eigenvalue weighted by molar-refractivity contribution is -0.212. The van der Waals surface area contributed by atoms with Gasteiger partial charge in [0.15, 0.2) is 0 Å². The Morgan fingerprint density at radius 1 is 1.64 bits per heavy atom. The molecular weight excluding hydrogens is 171 g/mol. The zero-order valence-electron chi connectivity index (χ0n) is 6.23. The van der Waals surface area contributed by atoms with Crippen LogP contribution < -0.4 is 0 Å². The molecule has 64 valence electrons. The first-order valence-corrected chi connectivity index (χ1v) is 3.78. The van der Waals surface area contributed by atoms with Crippen molar-refractivity contribution in [2.45, 2.75) is 6.92 Å². The first-order valence-electron chi connectivity index (χ1n) is 2.65. The van der Waals surface area contributed by atoms with Crippen molar-refractivity contribution in [1.82, 2.24) is 0 Å². The second kappa shape index (κ2) is 5.21. The van der Waals surface area contributed by atoms with Gasteiger partial charge in [-0.05, 0) is 6.92 Å². The monoisotopic (exact) mass is 180 g/mol. The maximum Gasteiger partial charge on any atom is 0.373 e. The molecular formula is C5H9O5P. The molecule has 0 amide bonds. The highest BCUT2D eigenvalue weighted by Gasteiger charge is 2.10. The second-order valence-corrected chi connectivity index (χ2v) is 2.64. The zero-order valence-corrected chi connectivity index (χ0v) is 7.13. The molecule has 0 aromatic heterocycles. The van der Waals surface area contributed by atoms with E-state index in [1.165, 1.54) is 14.0 Å². The average molecular weight is 180 g/mol. The number of carbonyl (C=O) groups excluding carboxylic acids is 1. The summed E-state index contributed by atoms with van der Waals surface area (Å²) in [4.78, 5) is 23.2. The van der Waals surface area contributed by atoms with E-state index in [1.54, 1.807) is 0 Å². The summed E-state index contributed by atoms with van der Waals surface area (Å²) in [5, 5.41) is 0. The van der Waals surface area contributed by atoms with Crippen molar-refractivity contribution in [3.8, 4) is 0 Å². The third-order valence-electron chi connectivity index (χ3n) is 0.681. The van der Waals surface area contributed by atoms with E-state index in [0.29, 0.717) is 0 Å². The number of carbonyl (C=O) groups is 1. The molecule has 0 aliphatic rings. The van der Waals surface area contributed by atoms with Crippen molar-refractivity contribution in [2.24, 2.45) is 0 Å². The van der Waals surface area contributed by atoms with Crippen LogP contribution in [0.3, 0.4) is 0 Å². The molecule has 0 fully saturated rings. The quantitative estimate of drug-likeness (QED) is 0.301. The number of hydrogen-bond donors (Lipinski definition) is 1. The molecule has 0 bridgehead atoms. The van der Waals surface area contributed by atoms with Crippen molar-refractivity contribution in [1.29, 1.82) is 0 Å². The highest BCUT2D eigenvalue weighted by Crippen LogP contribution is 2.31. The lowest BCUT2D eigenvalue weighted by atomic mass is 10.4. The minimum absolute atomic E-state index is 0.185. The van der Waals surface area contributed by atoms with E-state index >= 15 is 0 Å². The summed E-state index contributed by atoms with van der Waals surface area (Å²) >= 11 is 0. The normalized spacial score (nSPS) is 12.3. The smallest absolute Gasteiger partial charge is 0.326 e. The van der Waals surface area contributed by atoms with Gasteiger partial charge in [0.1, 0.15) is 0 Å². The molecule has 0 saturated heterocycles. The largest absolute Gasteiger partial charge is 0.373 e. The highest BCUT2D eigenvalue weighted by atomic mass is 31.2. The van der Waals surface area contributed by atoms with Crippen LogP contribution in [0.25, 0.3) is 0 Å². The molecule has 0 aromatic rings. The second-order valence-electron chi connectivity index (χ2n) is 1.65.